The Balaban J connectivity index is 1.90. The van der Waals surface area contributed by atoms with Gasteiger partial charge < -0.3 is 21.1 Å². The van der Waals surface area contributed by atoms with Crippen LogP contribution in [0.15, 0.2) is 60.8 Å². The van der Waals surface area contributed by atoms with Crippen LogP contribution < -0.4 is 16.0 Å². The van der Waals surface area contributed by atoms with Gasteiger partial charge in [-0.05, 0) is 42.0 Å². The summed E-state index contributed by atoms with van der Waals surface area (Å²) in [7, 11) is 0. The van der Waals surface area contributed by atoms with E-state index in [1.165, 1.54) is 24.3 Å². The van der Waals surface area contributed by atoms with E-state index in [2.05, 4.69) is 22.5 Å². The second kappa shape index (κ2) is 6.90. The van der Waals surface area contributed by atoms with E-state index in [1.807, 2.05) is 0 Å². The van der Waals surface area contributed by atoms with Gasteiger partial charge in [0.1, 0.15) is 17.5 Å². The first-order valence-corrected chi connectivity index (χ1v) is 7.97. The molecule has 1 aliphatic rings. The molecule has 25 heavy (non-hydrogen) atoms. The highest BCUT2D eigenvalue weighted by molar-refractivity contribution is 7.80. The second-order valence-electron chi connectivity index (χ2n) is 5.64. The molecule has 1 aliphatic heterocycles. The smallest absolute Gasteiger partial charge is 0.235 e. The Labute approximate surface area is 149 Å². The molecule has 1 saturated heterocycles. The van der Waals surface area contributed by atoms with Crippen LogP contribution >= 0.6 is 12.2 Å². The van der Waals surface area contributed by atoms with E-state index in [9.17, 15) is 14.3 Å². The number of aromatic hydroxyl groups is 1. The molecule has 0 aromatic heterocycles. The van der Waals surface area contributed by atoms with Crippen molar-refractivity contribution in [3.05, 3.63) is 72.2 Å². The van der Waals surface area contributed by atoms with Crippen molar-refractivity contribution in [2.75, 3.05) is 5.32 Å². The Hall–Kier alpha value is -2.93. The van der Waals surface area contributed by atoms with Gasteiger partial charge >= 0.3 is 0 Å². The third-order valence-corrected chi connectivity index (χ3v) is 4.16. The third-order valence-electron chi connectivity index (χ3n) is 3.94. The van der Waals surface area contributed by atoms with Crippen LogP contribution in [0.25, 0.3) is 0 Å². The minimum Gasteiger partial charge on any atom is -0.508 e. The lowest BCUT2D eigenvalue weighted by Gasteiger charge is -2.35. The predicted octanol–water partition coefficient (Wildman–Crippen LogP) is 2.82. The zero-order valence-corrected chi connectivity index (χ0v) is 13.9. The number of amides is 1. The van der Waals surface area contributed by atoms with Gasteiger partial charge in [0.2, 0.25) is 5.91 Å². The van der Waals surface area contributed by atoms with Gasteiger partial charge in [-0.1, -0.05) is 30.8 Å². The Kier molecular flexibility index (Phi) is 4.67. The molecule has 2 atom stereocenters. The van der Waals surface area contributed by atoms with Crippen molar-refractivity contribution in [2.24, 2.45) is 5.92 Å². The highest BCUT2D eigenvalue weighted by atomic mass is 32.1. The molecule has 1 heterocycles. The number of phenols is 1. The first kappa shape index (κ1) is 16.9. The lowest BCUT2D eigenvalue weighted by molar-refractivity contribution is -0.119. The van der Waals surface area contributed by atoms with E-state index in [0.29, 0.717) is 10.8 Å². The molecule has 2 aromatic carbocycles. The first-order valence-electron chi connectivity index (χ1n) is 7.56. The number of carbonyl (C=O) groups is 1. The molecule has 128 valence electrons. The molecule has 5 nitrogen and oxygen atoms in total. The zero-order chi connectivity index (χ0) is 18.0. The topological polar surface area (TPSA) is 73.4 Å². The summed E-state index contributed by atoms with van der Waals surface area (Å²) in [6.45, 7) is 3.88. The maximum atomic E-state index is 13.8. The monoisotopic (exact) mass is 357 g/mol. The van der Waals surface area contributed by atoms with Crippen molar-refractivity contribution in [1.29, 1.82) is 0 Å². The van der Waals surface area contributed by atoms with Crippen LogP contribution in [0.3, 0.4) is 0 Å². The van der Waals surface area contributed by atoms with Gasteiger partial charge in [-0.3, -0.25) is 4.79 Å². The van der Waals surface area contributed by atoms with Crippen LogP contribution in [-0.4, -0.2) is 16.1 Å². The number of phenolic OH excluding ortho intramolecular Hbond substituents is 1. The summed E-state index contributed by atoms with van der Waals surface area (Å²) in [5.41, 5.74) is 1.25. The quantitative estimate of drug-likeness (QED) is 0.636. The van der Waals surface area contributed by atoms with Crippen LogP contribution in [0.2, 0.25) is 0 Å². The number of anilines is 1. The number of hydrogen-bond acceptors (Lipinski definition) is 3. The van der Waals surface area contributed by atoms with Gasteiger partial charge in [-0.15, -0.1) is 0 Å². The number of benzene rings is 2. The van der Waals surface area contributed by atoms with Gasteiger partial charge in [0.25, 0.3) is 0 Å². The summed E-state index contributed by atoms with van der Waals surface area (Å²) in [5, 5.41) is 18.3. The fraction of sp³-hybridized carbons (Fsp3) is 0.111. The van der Waals surface area contributed by atoms with E-state index in [1.54, 1.807) is 24.3 Å². The van der Waals surface area contributed by atoms with Crippen LogP contribution in [-0.2, 0) is 4.79 Å². The molecule has 4 N–H and O–H groups in total. The Morgan fingerprint density at radius 1 is 1.20 bits per heavy atom. The lowest BCUT2D eigenvalue weighted by atomic mass is 9.88. The molecule has 0 radical (unpaired) electrons. The Morgan fingerprint density at radius 2 is 1.88 bits per heavy atom. The summed E-state index contributed by atoms with van der Waals surface area (Å²) in [4.78, 5) is 12.8. The Bertz CT molecular complexity index is 838. The van der Waals surface area contributed by atoms with Gasteiger partial charge in [-0.2, -0.15) is 0 Å². The summed E-state index contributed by atoms with van der Waals surface area (Å²) >= 11 is 5.15. The van der Waals surface area contributed by atoms with Crippen molar-refractivity contribution < 1.29 is 14.3 Å². The highest BCUT2D eigenvalue weighted by Crippen LogP contribution is 2.31. The lowest BCUT2D eigenvalue weighted by Crippen LogP contribution is -2.51. The predicted molar refractivity (Wildman–Crippen MR) is 97.4 cm³/mol. The molecule has 0 saturated carbocycles. The number of rotatable bonds is 3. The number of hydrogen-bond donors (Lipinski definition) is 4. The van der Waals surface area contributed by atoms with E-state index in [4.69, 9.17) is 12.2 Å². The molecule has 1 amide bonds. The van der Waals surface area contributed by atoms with Crippen molar-refractivity contribution in [2.45, 2.75) is 6.04 Å². The third kappa shape index (κ3) is 3.61. The molecule has 0 bridgehead atoms. The average molecular weight is 357 g/mol. The maximum absolute atomic E-state index is 13.8. The molecule has 1 fully saturated rings. The normalized spacial score (nSPS) is 19.7. The average Bonchev–Trinajstić information content (AvgIpc) is 2.57. The summed E-state index contributed by atoms with van der Waals surface area (Å²) in [5.74, 6) is -1.55. The van der Waals surface area contributed by atoms with Crippen molar-refractivity contribution in [3.63, 3.8) is 0 Å². The number of carbonyl (C=O) groups excluding carboxylic acids is 1. The van der Waals surface area contributed by atoms with Gasteiger partial charge in [0.15, 0.2) is 5.11 Å². The number of halogens is 1. The molecular weight excluding hydrogens is 341 g/mol. The highest BCUT2D eigenvalue weighted by Gasteiger charge is 2.36. The van der Waals surface area contributed by atoms with Gasteiger partial charge in [0.05, 0.1) is 11.7 Å². The zero-order valence-electron chi connectivity index (χ0n) is 13.1. The van der Waals surface area contributed by atoms with Crippen LogP contribution in [0, 0.1) is 11.7 Å². The van der Waals surface area contributed by atoms with Gasteiger partial charge in [0, 0.05) is 5.70 Å². The van der Waals surface area contributed by atoms with E-state index < -0.39 is 23.7 Å². The first-order chi connectivity index (χ1) is 12.0. The summed E-state index contributed by atoms with van der Waals surface area (Å²) in [6.07, 6.45) is 0. The molecule has 0 spiro atoms. The molecule has 2 aromatic rings. The number of para-hydroxylation sites is 1. The summed E-state index contributed by atoms with van der Waals surface area (Å²) < 4.78 is 13.8. The minimum absolute atomic E-state index is 0.0953. The molecule has 7 heteroatoms. The van der Waals surface area contributed by atoms with Crippen LogP contribution in [0.4, 0.5) is 10.1 Å². The van der Waals surface area contributed by atoms with E-state index in [-0.39, 0.29) is 11.4 Å². The minimum atomic E-state index is -0.726. The van der Waals surface area contributed by atoms with Crippen molar-refractivity contribution >= 4 is 28.9 Å². The number of thiocarbonyl (C=S) groups is 1. The Morgan fingerprint density at radius 3 is 2.56 bits per heavy atom. The fourth-order valence-corrected chi connectivity index (χ4v) is 2.98. The SMILES string of the molecule is C=C1NC(=S)N[C@H](c2ccc(O)cc2)[C@@H]1C(=O)Nc1ccccc1F. The number of nitrogens with one attached hydrogen (secondary N) is 3. The largest absolute Gasteiger partial charge is 0.508 e. The molecular formula is C18H16FN3O2S. The van der Waals surface area contributed by atoms with Crippen LogP contribution in [0.5, 0.6) is 5.75 Å². The molecule has 0 aliphatic carbocycles. The fourth-order valence-electron chi connectivity index (χ4n) is 2.73. The maximum Gasteiger partial charge on any atom is 0.235 e. The van der Waals surface area contributed by atoms with E-state index in [0.717, 1.165) is 5.56 Å². The standard InChI is InChI=1S/C18H16FN3O2S/c1-10-15(17(24)21-14-5-3-2-4-13(14)19)16(22-18(25)20-10)11-6-8-12(23)9-7-11/h2-9,15-16,23H,1H2,(H,21,24)(H2,20,22,25)/t15-,16-/m1/s1. The van der Waals surface area contributed by atoms with Crippen molar-refractivity contribution in [1.82, 2.24) is 10.6 Å². The second-order valence-corrected chi connectivity index (χ2v) is 6.05. The summed E-state index contributed by atoms with van der Waals surface area (Å²) in [6, 6.07) is 11.9. The molecule has 3 rings (SSSR count). The van der Waals surface area contributed by atoms with Gasteiger partial charge in [-0.25, -0.2) is 4.39 Å². The van der Waals surface area contributed by atoms with E-state index >= 15 is 0 Å². The molecule has 0 unspecified atom stereocenters. The van der Waals surface area contributed by atoms with Crippen LogP contribution in [0.1, 0.15) is 11.6 Å². The van der Waals surface area contributed by atoms with Crippen molar-refractivity contribution in [3.8, 4) is 5.75 Å².